The number of benzene rings is 2. The second-order valence-corrected chi connectivity index (χ2v) is 4.63. The van der Waals surface area contributed by atoms with Crippen LogP contribution < -0.4 is 4.74 Å². The van der Waals surface area contributed by atoms with Crippen LogP contribution in [0, 0.1) is 11.6 Å². The molecule has 0 saturated heterocycles. The van der Waals surface area contributed by atoms with Crippen molar-refractivity contribution in [1.29, 1.82) is 0 Å². The molecule has 19 heavy (non-hydrogen) atoms. The number of ether oxygens (including phenoxy) is 1. The molecule has 2 aromatic carbocycles. The molecule has 0 spiro atoms. The van der Waals surface area contributed by atoms with Crippen molar-refractivity contribution in [2.24, 2.45) is 0 Å². The van der Waals surface area contributed by atoms with Crippen LogP contribution >= 0.6 is 15.9 Å². The average molecular weight is 327 g/mol. The highest BCUT2D eigenvalue weighted by atomic mass is 79.9. The van der Waals surface area contributed by atoms with Crippen molar-refractivity contribution in [1.82, 2.24) is 0 Å². The van der Waals surface area contributed by atoms with E-state index in [4.69, 9.17) is 4.74 Å². The fourth-order valence-corrected chi connectivity index (χ4v) is 2.06. The van der Waals surface area contributed by atoms with E-state index in [9.17, 15) is 13.6 Å². The Morgan fingerprint density at radius 1 is 1.16 bits per heavy atom. The van der Waals surface area contributed by atoms with Crippen LogP contribution in [0.5, 0.6) is 5.75 Å². The minimum absolute atomic E-state index is 0.212. The fraction of sp³-hybridized carbons (Fsp3) is 0.0714. The van der Waals surface area contributed by atoms with E-state index in [1.54, 1.807) is 12.1 Å². The molecule has 2 nitrogen and oxygen atoms in total. The number of carbonyl (C=O) groups excluding carboxylic acids is 1. The van der Waals surface area contributed by atoms with Gasteiger partial charge in [-0.2, -0.15) is 0 Å². The van der Waals surface area contributed by atoms with Gasteiger partial charge in [0.2, 0.25) is 0 Å². The van der Waals surface area contributed by atoms with Crippen molar-refractivity contribution < 1.29 is 18.3 Å². The van der Waals surface area contributed by atoms with Crippen LogP contribution in [0.3, 0.4) is 0 Å². The van der Waals surface area contributed by atoms with Gasteiger partial charge >= 0.3 is 0 Å². The normalized spacial score (nSPS) is 10.3. The van der Waals surface area contributed by atoms with Crippen molar-refractivity contribution in [3.63, 3.8) is 0 Å². The van der Waals surface area contributed by atoms with E-state index in [-0.39, 0.29) is 11.1 Å². The lowest BCUT2D eigenvalue weighted by molar-refractivity contribution is 0.103. The summed E-state index contributed by atoms with van der Waals surface area (Å²) in [5.74, 6) is -2.35. The van der Waals surface area contributed by atoms with E-state index in [1.165, 1.54) is 25.3 Å². The summed E-state index contributed by atoms with van der Waals surface area (Å²) in [5, 5.41) is 0. The van der Waals surface area contributed by atoms with Crippen molar-refractivity contribution >= 4 is 21.7 Å². The monoisotopic (exact) mass is 326 g/mol. The van der Waals surface area contributed by atoms with Gasteiger partial charge in [0, 0.05) is 10.0 Å². The molecule has 0 atom stereocenters. The van der Waals surface area contributed by atoms with Crippen LogP contribution in [0.4, 0.5) is 8.78 Å². The molecule has 0 aliphatic rings. The molecule has 0 bridgehead atoms. The van der Waals surface area contributed by atoms with Crippen LogP contribution in [0.15, 0.2) is 40.9 Å². The number of rotatable bonds is 3. The molecule has 0 aliphatic carbocycles. The first kappa shape index (κ1) is 13.7. The summed E-state index contributed by atoms with van der Waals surface area (Å²) in [6.07, 6.45) is 0. The summed E-state index contributed by atoms with van der Waals surface area (Å²) in [5.41, 5.74) is -0.0993. The molecule has 98 valence electrons. The van der Waals surface area contributed by atoms with Gasteiger partial charge in [-0.25, -0.2) is 8.78 Å². The van der Waals surface area contributed by atoms with Crippen LogP contribution in [0.2, 0.25) is 0 Å². The number of ketones is 1. The maximum absolute atomic E-state index is 13.6. The van der Waals surface area contributed by atoms with Crippen LogP contribution in [-0.4, -0.2) is 12.9 Å². The largest absolute Gasteiger partial charge is 0.497 e. The second kappa shape index (κ2) is 5.48. The first-order valence-electron chi connectivity index (χ1n) is 5.37. The number of halogens is 3. The number of carbonyl (C=O) groups is 1. The van der Waals surface area contributed by atoms with E-state index >= 15 is 0 Å². The lowest BCUT2D eigenvalue weighted by Gasteiger charge is -2.07. The minimum Gasteiger partial charge on any atom is -0.497 e. The lowest BCUT2D eigenvalue weighted by atomic mass is 10.0. The third-order valence-electron chi connectivity index (χ3n) is 2.61. The Bertz CT molecular complexity index is 641. The molecule has 5 heteroatoms. The highest BCUT2D eigenvalue weighted by molar-refractivity contribution is 9.10. The average Bonchev–Trinajstić information content (AvgIpc) is 2.42. The predicted octanol–water partition coefficient (Wildman–Crippen LogP) is 3.97. The highest BCUT2D eigenvalue weighted by Gasteiger charge is 2.19. The summed E-state index contributed by atoms with van der Waals surface area (Å²) in [6.45, 7) is 0. The molecule has 0 N–H and O–H groups in total. The van der Waals surface area contributed by atoms with Gasteiger partial charge in [-0.05, 0) is 30.3 Å². The van der Waals surface area contributed by atoms with Crippen molar-refractivity contribution in [2.75, 3.05) is 7.11 Å². The number of methoxy groups -OCH3 is 1. The van der Waals surface area contributed by atoms with E-state index < -0.39 is 17.4 Å². The summed E-state index contributed by atoms with van der Waals surface area (Å²) in [7, 11) is 1.46. The Morgan fingerprint density at radius 3 is 2.58 bits per heavy atom. The molecule has 0 radical (unpaired) electrons. The Labute approximate surface area is 117 Å². The van der Waals surface area contributed by atoms with Gasteiger partial charge in [-0.15, -0.1) is 0 Å². The van der Waals surface area contributed by atoms with Crippen molar-refractivity contribution in [3.8, 4) is 5.75 Å². The van der Waals surface area contributed by atoms with Crippen LogP contribution in [0.1, 0.15) is 15.9 Å². The lowest BCUT2D eigenvalue weighted by Crippen LogP contribution is -2.07. The molecule has 0 saturated carbocycles. The maximum Gasteiger partial charge on any atom is 0.197 e. The standard InChI is InChI=1S/C14H9BrF2O2/c1-19-8-5-6-11(15)10(7-8)14(18)9-3-2-4-12(16)13(9)17/h2-7H,1H3. The summed E-state index contributed by atoms with van der Waals surface area (Å²) in [6, 6.07) is 8.24. The van der Waals surface area contributed by atoms with Crippen LogP contribution in [0.25, 0.3) is 0 Å². The van der Waals surface area contributed by atoms with Gasteiger partial charge < -0.3 is 4.74 Å². The molecule has 0 heterocycles. The molecule has 0 aliphatic heterocycles. The first-order valence-corrected chi connectivity index (χ1v) is 6.16. The minimum atomic E-state index is -1.15. The van der Waals surface area contributed by atoms with Gasteiger partial charge in [0.1, 0.15) is 5.75 Å². The zero-order valence-electron chi connectivity index (χ0n) is 9.91. The summed E-state index contributed by atoms with van der Waals surface area (Å²) in [4.78, 5) is 12.2. The first-order chi connectivity index (χ1) is 9.04. The summed E-state index contributed by atoms with van der Waals surface area (Å²) >= 11 is 3.21. The third kappa shape index (κ3) is 2.66. The molecule has 2 rings (SSSR count). The smallest absolute Gasteiger partial charge is 0.197 e. The highest BCUT2D eigenvalue weighted by Crippen LogP contribution is 2.26. The Hall–Kier alpha value is -1.75. The fourth-order valence-electron chi connectivity index (χ4n) is 1.63. The second-order valence-electron chi connectivity index (χ2n) is 3.78. The quantitative estimate of drug-likeness (QED) is 0.798. The topological polar surface area (TPSA) is 26.3 Å². The zero-order valence-corrected chi connectivity index (χ0v) is 11.5. The van der Waals surface area contributed by atoms with Crippen LogP contribution in [-0.2, 0) is 0 Å². The van der Waals surface area contributed by atoms with E-state index in [0.29, 0.717) is 10.2 Å². The SMILES string of the molecule is COc1ccc(Br)c(C(=O)c2cccc(F)c2F)c1. The van der Waals surface area contributed by atoms with E-state index in [1.807, 2.05) is 0 Å². The van der Waals surface area contributed by atoms with E-state index in [2.05, 4.69) is 15.9 Å². The molecular formula is C14H9BrF2O2. The Morgan fingerprint density at radius 2 is 1.89 bits per heavy atom. The number of hydrogen-bond donors (Lipinski definition) is 0. The molecule has 0 unspecified atom stereocenters. The maximum atomic E-state index is 13.6. The molecule has 0 aromatic heterocycles. The molecular weight excluding hydrogens is 318 g/mol. The van der Waals surface area contributed by atoms with Crippen molar-refractivity contribution in [3.05, 3.63) is 63.6 Å². The Balaban J connectivity index is 2.53. The van der Waals surface area contributed by atoms with Gasteiger partial charge in [0.15, 0.2) is 17.4 Å². The molecule has 0 amide bonds. The van der Waals surface area contributed by atoms with Gasteiger partial charge in [-0.1, -0.05) is 22.0 Å². The van der Waals surface area contributed by atoms with Gasteiger partial charge in [0.05, 0.1) is 12.7 Å². The van der Waals surface area contributed by atoms with Gasteiger partial charge in [0.25, 0.3) is 0 Å². The van der Waals surface area contributed by atoms with Gasteiger partial charge in [-0.3, -0.25) is 4.79 Å². The Kier molecular flexibility index (Phi) is 3.95. The zero-order chi connectivity index (χ0) is 14.0. The van der Waals surface area contributed by atoms with Crippen molar-refractivity contribution in [2.45, 2.75) is 0 Å². The number of hydrogen-bond acceptors (Lipinski definition) is 2. The van der Waals surface area contributed by atoms with E-state index in [0.717, 1.165) is 6.07 Å². The molecule has 0 fully saturated rings. The predicted molar refractivity (Wildman–Crippen MR) is 70.5 cm³/mol. The summed E-state index contributed by atoms with van der Waals surface area (Å²) < 4.78 is 32.2. The molecule has 2 aromatic rings. The third-order valence-corrected chi connectivity index (χ3v) is 3.31.